The summed E-state index contributed by atoms with van der Waals surface area (Å²) in [6.07, 6.45) is 0. The van der Waals surface area contributed by atoms with E-state index in [0.717, 1.165) is 22.4 Å². The summed E-state index contributed by atoms with van der Waals surface area (Å²) in [6, 6.07) is 12.5. The zero-order valence-electron chi connectivity index (χ0n) is 15.1. The highest BCUT2D eigenvalue weighted by molar-refractivity contribution is 5.75. The van der Waals surface area contributed by atoms with Crippen LogP contribution >= 0.6 is 0 Å². The van der Waals surface area contributed by atoms with Crippen LogP contribution in [-0.2, 0) is 12.0 Å². The lowest BCUT2D eigenvalue weighted by Crippen LogP contribution is -2.13. The predicted octanol–water partition coefficient (Wildman–Crippen LogP) is 5.28. The highest BCUT2D eigenvalue weighted by Gasteiger charge is 2.21. The molecule has 0 aliphatic heterocycles. The van der Waals surface area contributed by atoms with Crippen molar-refractivity contribution in [2.45, 2.75) is 52.6 Å². The van der Waals surface area contributed by atoms with Crippen LogP contribution < -0.4 is 4.74 Å². The van der Waals surface area contributed by atoms with Gasteiger partial charge >= 0.3 is 0 Å². The molecule has 2 aromatic carbocycles. The van der Waals surface area contributed by atoms with E-state index in [4.69, 9.17) is 4.74 Å². The Morgan fingerprint density at radius 2 is 1.70 bits per heavy atom. The van der Waals surface area contributed by atoms with Gasteiger partial charge in [-0.3, -0.25) is 0 Å². The zero-order chi connectivity index (χ0) is 17.2. The number of hydrogen-bond acceptors (Lipinski definition) is 2. The van der Waals surface area contributed by atoms with E-state index in [0.29, 0.717) is 5.92 Å². The monoisotopic (exact) mass is 312 g/mol. The number of hydrogen-bond donors (Lipinski definition) is 1. The molecule has 0 aromatic heterocycles. The average Bonchev–Trinajstić information content (AvgIpc) is 2.52. The summed E-state index contributed by atoms with van der Waals surface area (Å²) in [6.45, 7) is 11.0. The highest BCUT2D eigenvalue weighted by Crippen LogP contribution is 2.39. The Hall–Kier alpha value is -1.80. The van der Waals surface area contributed by atoms with Crippen molar-refractivity contribution in [2.75, 3.05) is 7.11 Å². The molecule has 124 valence electrons. The first-order valence-corrected chi connectivity index (χ1v) is 8.21. The van der Waals surface area contributed by atoms with E-state index in [9.17, 15) is 5.11 Å². The second-order valence-corrected chi connectivity index (χ2v) is 7.35. The van der Waals surface area contributed by atoms with Crippen LogP contribution in [0, 0.1) is 0 Å². The van der Waals surface area contributed by atoms with Gasteiger partial charge in [0, 0.05) is 5.56 Å². The lowest BCUT2D eigenvalue weighted by Gasteiger charge is -2.25. The Labute approximate surface area is 140 Å². The quantitative estimate of drug-likeness (QED) is 0.832. The van der Waals surface area contributed by atoms with Crippen molar-refractivity contribution in [1.29, 1.82) is 0 Å². The van der Waals surface area contributed by atoms with Gasteiger partial charge in [-0.1, -0.05) is 65.0 Å². The molecule has 0 bridgehead atoms. The van der Waals surface area contributed by atoms with Gasteiger partial charge < -0.3 is 9.84 Å². The van der Waals surface area contributed by atoms with E-state index in [1.807, 2.05) is 18.2 Å². The van der Waals surface area contributed by atoms with Crippen molar-refractivity contribution in [3.63, 3.8) is 0 Å². The smallest absolute Gasteiger partial charge is 0.126 e. The van der Waals surface area contributed by atoms with Crippen molar-refractivity contribution in [3.8, 4) is 16.9 Å². The first-order chi connectivity index (χ1) is 10.8. The fourth-order valence-electron chi connectivity index (χ4n) is 2.93. The van der Waals surface area contributed by atoms with E-state index in [-0.39, 0.29) is 12.0 Å². The van der Waals surface area contributed by atoms with Gasteiger partial charge in [0.1, 0.15) is 5.75 Å². The summed E-state index contributed by atoms with van der Waals surface area (Å²) in [5.74, 6) is 1.19. The van der Waals surface area contributed by atoms with Gasteiger partial charge in [-0.2, -0.15) is 0 Å². The number of ether oxygens (including phenoxy) is 1. The summed E-state index contributed by atoms with van der Waals surface area (Å²) in [4.78, 5) is 0. The van der Waals surface area contributed by atoms with Crippen LogP contribution in [0.3, 0.4) is 0 Å². The van der Waals surface area contributed by atoms with Crippen molar-refractivity contribution in [2.24, 2.45) is 0 Å². The molecule has 0 aliphatic rings. The molecule has 2 nitrogen and oxygen atoms in total. The van der Waals surface area contributed by atoms with E-state index < -0.39 is 0 Å². The largest absolute Gasteiger partial charge is 0.496 e. The van der Waals surface area contributed by atoms with Crippen LogP contribution in [0.1, 0.15) is 57.2 Å². The summed E-state index contributed by atoms with van der Waals surface area (Å²) >= 11 is 0. The van der Waals surface area contributed by atoms with Crippen LogP contribution in [0.15, 0.2) is 36.4 Å². The van der Waals surface area contributed by atoms with E-state index in [2.05, 4.69) is 52.8 Å². The van der Waals surface area contributed by atoms with Gasteiger partial charge in [-0.15, -0.1) is 0 Å². The van der Waals surface area contributed by atoms with Crippen LogP contribution in [-0.4, -0.2) is 12.2 Å². The molecule has 23 heavy (non-hydrogen) atoms. The minimum Gasteiger partial charge on any atom is -0.496 e. The molecule has 0 atom stereocenters. The molecule has 0 spiro atoms. The number of benzene rings is 2. The number of rotatable bonds is 4. The molecule has 2 heteroatoms. The molecular weight excluding hydrogens is 284 g/mol. The standard InChI is InChI=1S/C21H28O2/c1-14(2)17-11-15(21(3,4)5)12-18(19(17)13-22)16-9-7-8-10-20(16)23-6/h7-12,14,22H,13H2,1-6H3. The van der Waals surface area contributed by atoms with E-state index >= 15 is 0 Å². The number of para-hydroxylation sites is 1. The van der Waals surface area contributed by atoms with Crippen LogP contribution in [0.5, 0.6) is 5.75 Å². The third kappa shape index (κ3) is 3.59. The van der Waals surface area contributed by atoms with Crippen LogP contribution in [0.2, 0.25) is 0 Å². The Balaban J connectivity index is 2.82. The lowest BCUT2D eigenvalue weighted by atomic mass is 9.80. The summed E-state index contributed by atoms with van der Waals surface area (Å²) in [5, 5.41) is 10.0. The van der Waals surface area contributed by atoms with Crippen molar-refractivity contribution >= 4 is 0 Å². The molecule has 0 radical (unpaired) electrons. The number of methoxy groups -OCH3 is 1. The zero-order valence-corrected chi connectivity index (χ0v) is 15.1. The molecule has 0 heterocycles. The molecule has 2 rings (SSSR count). The lowest BCUT2D eigenvalue weighted by molar-refractivity contribution is 0.280. The van der Waals surface area contributed by atoms with Gasteiger partial charge in [0.25, 0.3) is 0 Å². The fraction of sp³-hybridized carbons (Fsp3) is 0.429. The van der Waals surface area contributed by atoms with Gasteiger partial charge in [0.15, 0.2) is 0 Å². The molecule has 0 amide bonds. The third-order valence-corrected chi connectivity index (χ3v) is 4.33. The third-order valence-electron chi connectivity index (χ3n) is 4.33. The Kier molecular flexibility index (Phi) is 5.16. The van der Waals surface area contributed by atoms with Gasteiger partial charge in [-0.25, -0.2) is 0 Å². The Morgan fingerprint density at radius 3 is 2.22 bits per heavy atom. The van der Waals surface area contributed by atoms with Crippen molar-refractivity contribution in [1.82, 2.24) is 0 Å². The maximum atomic E-state index is 10.0. The summed E-state index contributed by atoms with van der Waals surface area (Å²) in [7, 11) is 1.69. The predicted molar refractivity (Wildman–Crippen MR) is 97.1 cm³/mol. The molecule has 0 saturated carbocycles. The van der Waals surface area contributed by atoms with Crippen LogP contribution in [0.4, 0.5) is 0 Å². The Bertz CT molecular complexity index is 679. The molecular formula is C21H28O2. The minimum atomic E-state index is 0.0331. The first kappa shape index (κ1) is 17.6. The molecule has 2 aromatic rings. The van der Waals surface area contributed by atoms with E-state index in [1.54, 1.807) is 7.11 Å². The van der Waals surface area contributed by atoms with Gasteiger partial charge in [0.05, 0.1) is 13.7 Å². The topological polar surface area (TPSA) is 29.5 Å². The Morgan fingerprint density at radius 1 is 1.04 bits per heavy atom. The molecule has 0 aliphatic carbocycles. The normalized spacial score (nSPS) is 11.8. The van der Waals surface area contributed by atoms with Crippen LogP contribution in [0.25, 0.3) is 11.1 Å². The van der Waals surface area contributed by atoms with E-state index in [1.165, 1.54) is 11.1 Å². The van der Waals surface area contributed by atoms with Crippen molar-refractivity contribution < 1.29 is 9.84 Å². The maximum absolute atomic E-state index is 10.0. The fourth-order valence-corrected chi connectivity index (χ4v) is 2.93. The second kappa shape index (κ2) is 6.76. The van der Waals surface area contributed by atoms with Gasteiger partial charge in [-0.05, 0) is 39.7 Å². The maximum Gasteiger partial charge on any atom is 0.126 e. The summed E-state index contributed by atoms with van der Waals surface area (Å²) < 4.78 is 5.54. The number of aliphatic hydroxyl groups excluding tert-OH is 1. The molecule has 0 saturated heterocycles. The SMILES string of the molecule is COc1ccccc1-c1cc(C(C)(C)C)cc(C(C)C)c1CO. The second-order valence-electron chi connectivity index (χ2n) is 7.35. The number of aliphatic hydroxyl groups is 1. The molecule has 0 unspecified atom stereocenters. The minimum absolute atomic E-state index is 0.0331. The first-order valence-electron chi connectivity index (χ1n) is 8.21. The van der Waals surface area contributed by atoms with Gasteiger partial charge in [0.2, 0.25) is 0 Å². The van der Waals surface area contributed by atoms with Crippen molar-refractivity contribution in [3.05, 3.63) is 53.1 Å². The average molecular weight is 312 g/mol. The molecule has 1 N–H and O–H groups in total. The summed E-state index contributed by atoms with van der Waals surface area (Å²) in [5.41, 5.74) is 5.64. The molecule has 0 fully saturated rings. The highest BCUT2D eigenvalue weighted by atomic mass is 16.5.